The molecule has 0 bridgehead atoms. The second-order valence-corrected chi connectivity index (χ2v) is 7.89. The smallest absolute Gasteiger partial charge is 0.267 e. The molecule has 3 aromatic rings. The molecule has 1 aromatic heterocycles. The normalized spacial score (nSPS) is 16.3. The zero-order chi connectivity index (χ0) is 23.2. The molecule has 33 heavy (non-hydrogen) atoms. The van der Waals surface area contributed by atoms with Gasteiger partial charge in [0.25, 0.3) is 5.91 Å². The van der Waals surface area contributed by atoms with Crippen LogP contribution in [0.25, 0.3) is 6.08 Å². The maximum atomic E-state index is 13.2. The van der Waals surface area contributed by atoms with Gasteiger partial charge >= 0.3 is 0 Å². The van der Waals surface area contributed by atoms with E-state index in [1.807, 2.05) is 24.3 Å². The minimum atomic E-state index is -0.206. The largest absolute Gasteiger partial charge is 0.504 e. The highest BCUT2D eigenvalue weighted by Crippen LogP contribution is 2.35. The average Bonchev–Trinajstić information content (AvgIpc) is 3.45. The zero-order valence-electron chi connectivity index (χ0n) is 18.0. The predicted octanol–water partition coefficient (Wildman–Crippen LogP) is 4.51. The van der Waals surface area contributed by atoms with Crippen molar-refractivity contribution in [2.75, 3.05) is 14.2 Å². The van der Waals surface area contributed by atoms with E-state index >= 15 is 0 Å². The van der Waals surface area contributed by atoms with Crippen LogP contribution in [0, 0.1) is 0 Å². The van der Waals surface area contributed by atoms with Crippen LogP contribution >= 0.6 is 11.8 Å². The Bertz CT molecular complexity index is 1230. The zero-order valence-corrected chi connectivity index (χ0v) is 18.8. The van der Waals surface area contributed by atoms with Gasteiger partial charge in [-0.3, -0.25) is 9.69 Å². The summed E-state index contributed by atoms with van der Waals surface area (Å²) in [6.07, 6.45) is 4.85. The first-order valence-electron chi connectivity index (χ1n) is 9.94. The van der Waals surface area contributed by atoms with E-state index < -0.39 is 0 Å². The fourth-order valence-corrected chi connectivity index (χ4v) is 4.05. The summed E-state index contributed by atoms with van der Waals surface area (Å²) in [5.74, 6) is 1.46. The van der Waals surface area contributed by atoms with Gasteiger partial charge in [-0.2, -0.15) is 5.10 Å². The molecule has 1 amide bonds. The molecule has 0 radical (unpaired) electrons. The molecule has 0 saturated carbocycles. The second kappa shape index (κ2) is 10.1. The molecule has 2 heterocycles. The fourth-order valence-electron chi connectivity index (χ4n) is 3.13. The monoisotopic (exact) mass is 463 g/mol. The molecular weight excluding hydrogens is 442 g/mol. The Morgan fingerprint density at radius 3 is 2.67 bits per heavy atom. The van der Waals surface area contributed by atoms with Crippen molar-refractivity contribution in [3.63, 3.8) is 0 Å². The molecule has 0 spiro atoms. The number of nitrogens with zero attached hydrogens (tertiary/aromatic N) is 3. The number of phenolic OH excluding ortho intramolecular Hbond substituents is 1. The van der Waals surface area contributed by atoms with Crippen LogP contribution in [0.3, 0.4) is 0 Å². The highest BCUT2D eigenvalue weighted by atomic mass is 32.2. The number of methoxy groups -OCH3 is 2. The van der Waals surface area contributed by atoms with Gasteiger partial charge in [0.05, 0.1) is 38.1 Å². The van der Waals surface area contributed by atoms with Crippen molar-refractivity contribution in [1.29, 1.82) is 0 Å². The van der Waals surface area contributed by atoms with E-state index in [1.165, 1.54) is 36.1 Å². The summed E-state index contributed by atoms with van der Waals surface area (Å²) >= 11 is 1.22. The fraction of sp³-hybridized carbons (Fsp3) is 0.125. The van der Waals surface area contributed by atoms with Crippen LogP contribution in [0.4, 0.5) is 0 Å². The van der Waals surface area contributed by atoms with Gasteiger partial charge in [0, 0.05) is 5.56 Å². The quantitative estimate of drug-likeness (QED) is 0.315. The number of thioether (sulfide) groups is 1. The molecule has 1 aliphatic rings. The molecule has 8 nitrogen and oxygen atoms in total. The third-order valence-corrected chi connectivity index (χ3v) is 5.76. The lowest BCUT2D eigenvalue weighted by molar-refractivity contribution is -0.122. The number of aromatic hydroxyl groups is 1. The third kappa shape index (κ3) is 5.09. The molecule has 0 atom stereocenters. The number of carbonyl (C=O) groups excluding carboxylic acids is 1. The summed E-state index contributed by atoms with van der Waals surface area (Å²) < 4.78 is 15.9. The first-order chi connectivity index (χ1) is 16.1. The molecule has 168 valence electrons. The standard InChI is InChI=1S/C24H21N3O5S/c1-30-20-8-4-3-6-17(20)13-22-23(29)27(15-18-7-5-11-32-18)24(33-22)26-25-14-16-9-10-19(28)21(12-16)31-2/h3-14,28H,15H2,1-2H3/b22-13-,25-14-,26-24+. The number of ether oxygens (including phenoxy) is 2. The Kier molecular flexibility index (Phi) is 6.80. The van der Waals surface area contributed by atoms with Gasteiger partial charge in [-0.1, -0.05) is 18.2 Å². The van der Waals surface area contributed by atoms with Crippen LogP contribution in [0.15, 0.2) is 80.4 Å². The van der Waals surface area contributed by atoms with E-state index in [2.05, 4.69) is 10.2 Å². The van der Waals surface area contributed by atoms with Crippen LogP contribution in [-0.4, -0.2) is 41.5 Å². The highest BCUT2D eigenvalue weighted by molar-refractivity contribution is 8.18. The van der Waals surface area contributed by atoms with Crippen molar-refractivity contribution in [3.05, 3.63) is 82.7 Å². The second-order valence-electron chi connectivity index (χ2n) is 6.88. The molecule has 1 fully saturated rings. The number of hydrogen-bond donors (Lipinski definition) is 1. The van der Waals surface area contributed by atoms with Crippen LogP contribution in [0.1, 0.15) is 16.9 Å². The average molecular weight is 464 g/mol. The Morgan fingerprint density at radius 2 is 1.91 bits per heavy atom. The number of amides is 1. The third-order valence-electron chi connectivity index (χ3n) is 4.76. The minimum Gasteiger partial charge on any atom is -0.504 e. The lowest BCUT2D eigenvalue weighted by atomic mass is 10.2. The van der Waals surface area contributed by atoms with Gasteiger partial charge in [0.15, 0.2) is 16.7 Å². The number of furan rings is 1. The van der Waals surface area contributed by atoms with E-state index in [1.54, 1.807) is 43.7 Å². The lowest BCUT2D eigenvalue weighted by Gasteiger charge is -2.12. The van der Waals surface area contributed by atoms with Crippen molar-refractivity contribution < 1.29 is 23.8 Å². The Labute approximate surface area is 194 Å². The number of amidine groups is 1. The maximum Gasteiger partial charge on any atom is 0.267 e. The Balaban J connectivity index is 1.64. The SMILES string of the molecule is COc1cc(/C=N\N=C2\S/C(=C\c3ccccc3OC)C(=O)N2Cc2ccco2)ccc1O. The summed E-state index contributed by atoms with van der Waals surface area (Å²) in [6.45, 7) is 0.226. The minimum absolute atomic E-state index is 0.0358. The first kappa shape index (κ1) is 22.2. The molecule has 4 rings (SSSR count). The van der Waals surface area contributed by atoms with Gasteiger partial charge in [0.1, 0.15) is 11.5 Å². The van der Waals surface area contributed by atoms with Crippen molar-refractivity contribution in [2.45, 2.75) is 6.54 Å². The van der Waals surface area contributed by atoms with Gasteiger partial charge in [-0.25, -0.2) is 0 Å². The summed E-state index contributed by atoms with van der Waals surface area (Å²) in [7, 11) is 3.06. The van der Waals surface area contributed by atoms with Crippen LogP contribution < -0.4 is 9.47 Å². The van der Waals surface area contributed by atoms with Crippen molar-refractivity contribution in [2.24, 2.45) is 10.2 Å². The van der Waals surface area contributed by atoms with Gasteiger partial charge < -0.3 is 19.0 Å². The van der Waals surface area contributed by atoms with Crippen molar-refractivity contribution in [3.8, 4) is 17.2 Å². The summed E-state index contributed by atoms with van der Waals surface area (Å²) in [6, 6.07) is 15.9. The van der Waals surface area contributed by atoms with E-state index in [0.29, 0.717) is 32.9 Å². The number of phenols is 1. The van der Waals surface area contributed by atoms with Crippen LogP contribution in [-0.2, 0) is 11.3 Å². The van der Waals surface area contributed by atoms with Gasteiger partial charge in [-0.05, 0) is 59.8 Å². The number of rotatable bonds is 7. The Hall–Kier alpha value is -3.98. The van der Waals surface area contributed by atoms with Crippen molar-refractivity contribution >= 4 is 35.1 Å². The van der Waals surface area contributed by atoms with E-state index in [-0.39, 0.29) is 18.2 Å². The molecule has 1 aliphatic heterocycles. The maximum absolute atomic E-state index is 13.2. The predicted molar refractivity (Wildman–Crippen MR) is 128 cm³/mol. The summed E-state index contributed by atoms with van der Waals surface area (Å²) in [5, 5.41) is 18.6. The van der Waals surface area contributed by atoms with E-state index in [9.17, 15) is 9.90 Å². The van der Waals surface area contributed by atoms with E-state index in [0.717, 1.165) is 5.56 Å². The molecule has 2 aromatic carbocycles. The van der Waals surface area contributed by atoms with Crippen molar-refractivity contribution in [1.82, 2.24) is 4.90 Å². The summed E-state index contributed by atoms with van der Waals surface area (Å²) in [5.41, 5.74) is 1.47. The molecule has 0 aliphatic carbocycles. The summed E-state index contributed by atoms with van der Waals surface area (Å²) in [4.78, 5) is 15.2. The topological polar surface area (TPSA) is 96.9 Å². The lowest BCUT2D eigenvalue weighted by Crippen LogP contribution is -2.28. The van der Waals surface area contributed by atoms with Crippen LogP contribution in [0.5, 0.6) is 17.2 Å². The number of benzene rings is 2. The first-order valence-corrected chi connectivity index (χ1v) is 10.8. The van der Waals surface area contributed by atoms with Crippen LogP contribution in [0.2, 0.25) is 0 Å². The van der Waals surface area contributed by atoms with E-state index in [4.69, 9.17) is 13.9 Å². The number of carbonyl (C=O) groups is 1. The van der Waals surface area contributed by atoms with Gasteiger partial charge in [0.2, 0.25) is 0 Å². The highest BCUT2D eigenvalue weighted by Gasteiger charge is 2.34. The molecule has 0 unspecified atom stereocenters. The molecule has 1 saturated heterocycles. The van der Waals surface area contributed by atoms with Gasteiger partial charge in [-0.15, -0.1) is 5.10 Å². The molecule has 9 heteroatoms. The molecular formula is C24H21N3O5S. The Morgan fingerprint density at radius 1 is 1.09 bits per heavy atom. The number of para-hydroxylation sites is 1. The molecule has 1 N–H and O–H groups in total. The number of hydrogen-bond acceptors (Lipinski definition) is 8.